The van der Waals surface area contributed by atoms with E-state index in [0.717, 1.165) is 48.8 Å². The molecule has 0 radical (unpaired) electrons. The molecule has 1 aliphatic heterocycles. The molecule has 4 aromatic rings. The first kappa shape index (κ1) is 18.0. The van der Waals surface area contributed by atoms with Crippen molar-refractivity contribution in [2.24, 2.45) is 0 Å². The summed E-state index contributed by atoms with van der Waals surface area (Å²) in [4.78, 5) is 25.7. The van der Waals surface area contributed by atoms with Gasteiger partial charge in [0.1, 0.15) is 12.1 Å². The van der Waals surface area contributed by atoms with Crippen molar-refractivity contribution in [3.63, 3.8) is 0 Å². The Morgan fingerprint density at radius 1 is 1.03 bits per heavy atom. The minimum atomic E-state index is -0.0967. The van der Waals surface area contributed by atoms with Crippen LogP contribution in [0.2, 0.25) is 0 Å². The van der Waals surface area contributed by atoms with E-state index in [9.17, 15) is 4.79 Å². The van der Waals surface area contributed by atoms with Crippen molar-refractivity contribution in [2.45, 2.75) is 6.54 Å². The third-order valence-electron chi connectivity index (χ3n) is 5.12. The van der Waals surface area contributed by atoms with Gasteiger partial charge in [-0.25, -0.2) is 19.3 Å². The maximum Gasteiger partial charge on any atom is 0.266 e. The van der Waals surface area contributed by atoms with E-state index >= 15 is 0 Å². The second kappa shape index (κ2) is 7.72. The van der Waals surface area contributed by atoms with Gasteiger partial charge in [-0.2, -0.15) is 5.10 Å². The highest BCUT2D eigenvalue weighted by Gasteiger charge is 2.20. The average molecular weight is 408 g/mol. The van der Waals surface area contributed by atoms with Crippen LogP contribution in [0.1, 0.15) is 0 Å². The summed E-state index contributed by atoms with van der Waals surface area (Å²) in [5, 5.41) is 10.7. The molecule has 10 heteroatoms. The predicted octanol–water partition coefficient (Wildman–Crippen LogP) is 1.26. The highest BCUT2D eigenvalue weighted by molar-refractivity contribution is 7.17. The minimum absolute atomic E-state index is 0.0967. The molecule has 0 amide bonds. The molecule has 29 heavy (non-hydrogen) atoms. The maximum absolute atomic E-state index is 12.2. The number of rotatable bonds is 5. The molecule has 0 bridgehead atoms. The SMILES string of the molecule is O=c1ccc(-n2cccn2)nn1CCN1CCN(c2ncnc3ccsc23)CC1. The topological polar surface area (TPSA) is 85.0 Å². The van der Waals surface area contributed by atoms with Gasteiger partial charge in [0.05, 0.1) is 16.8 Å². The lowest BCUT2D eigenvalue weighted by Crippen LogP contribution is -2.48. The second-order valence-electron chi connectivity index (χ2n) is 6.86. The Hall–Kier alpha value is -3.11. The summed E-state index contributed by atoms with van der Waals surface area (Å²) in [5.74, 6) is 1.66. The summed E-state index contributed by atoms with van der Waals surface area (Å²) in [6.07, 6.45) is 5.15. The number of aromatic nitrogens is 6. The number of hydrogen-bond donors (Lipinski definition) is 0. The molecule has 0 N–H and O–H groups in total. The van der Waals surface area contributed by atoms with Gasteiger partial charge in [-0.1, -0.05) is 0 Å². The lowest BCUT2D eigenvalue weighted by Gasteiger charge is -2.35. The third kappa shape index (κ3) is 3.64. The molecule has 148 valence electrons. The first-order valence-corrected chi connectivity index (χ1v) is 10.4. The van der Waals surface area contributed by atoms with Gasteiger partial charge in [-0.15, -0.1) is 16.4 Å². The summed E-state index contributed by atoms with van der Waals surface area (Å²) >= 11 is 1.68. The van der Waals surface area contributed by atoms with Gasteiger partial charge in [0.25, 0.3) is 5.56 Å². The fourth-order valence-corrected chi connectivity index (χ4v) is 4.41. The third-order valence-corrected chi connectivity index (χ3v) is 6.02. The average Bonchev–Trinajstić information content (AvgIpc) is 3.45. The van der Waals surface area contributed by atoms with E-state index in [1.165, 1.54) is 4.68 Å². The normalized spacial score (nSPS) is 15.2. The zero-order valence-electron chi connectivity index (χ0n) is 15.8. The maximum atomic E-state index is 12.2. The van der Waals surface area contributed by atoms with E-state index in [0.29, 0.717) is 12.4 Å². The van der Waals surface area contributed by atoms with Gasteiger partial charge in [-0.05, 0) is 23.6 Å². The van der Waals surface area contributed by atoms with Crippen molar-refractivity contribution in [2.75, 3.05) is 37.6 Å². The molecule has 5 heterocycles. The van der Waals surface area contributed by atoms with Crippen LogP contribution in [-0.2, 0) is 6.54 Å². The summed E-state index contributed by atoms with van der Waals surface area (Å²) < 4.78 is 4.32. The summed E-state index contributed by atoms with van der Waals surface area (Å²) in [7, 11) is 0. The number of piperazine rings is 1. The van der Waals surface area contributed by atoms with Crippen LogP contribution < -0.4 is 10.5 Å². The fourth-order valence-electron chi connectivity index (χ4n) is 3.55. The largest absolute Gasteiger partial charge is 0.353 e. The van der Waals surface area contributed by atoms with Gasteiger partial charge in [-0.3, -0.25) is 9.69 Å². The fraction of sp³-hybridized carbons (Fsp3) is 0.316. The van der Waals surface area contributed by atoms with Gasteiger partial charge in [0.15, 0.2) is 5.82 Å². The molecule has 0 aliphatic carbocycles. The molecular weight excluding hydrogens is 388 g/mol. The molecule has 0 aromatic carbocycles. The van der Waals surface area contributed by atoms with E-state index in [2.05, 4.69) is 35.3 Å². The molecule has 0 atom stereocenters. The molecule has 1 saturated heterocycles. The molecule has 9 nitrogen and oxygen atoms in total. The Bertz CT molecular complexity index is 1160. The summed E-state index contributed by atoms with van der Waals surface area (Å²) in [6.45, 7) is 4.98. The van der Waals surface area contributed by atoms with E-state index in [1.54, 1.807) is 40.7 Å². The molecule has 0 saturated carbocycles. The van der Waals surface area contributed by atoms with Crippen LogP contribution in [0.4, 0.5) is 5.82 Å². The van der Waals surface area contributed by atoms with Crippen molar-refractivity contribution in [1.29, 1.82) is 0 Å². The number of thiophene rings is 1. The number of fused-ring (bicyclic) bond motifs is 1. The smallest absolute Gasteiger partial charge is 0.266 e. The van der Waals surface area contributed by atoms with Gasteiger partial charge in [0.2, 0.25) is 0 Å². The quantitative estimate of drug-likeness (QED) is 0.491. The molecule has 5 rings (SSSR count). The van der Waals surface area contributed by atoms with Crippen molar-refractivity contribution < 1.29 is 0 Å². The molecule has 1 aliphatic rings. The lowest BCUT2D eigenvalue weighted by atomic mass is 10.3. The highest BCUT2D eigenvalue weighted by Crippen LogP contribution is 2.28. The lowest BCUT2D eigenvalue weighted by molar-refractivity contribution is 0.242. The van der Waals surface area contributed by atoms with Crippen molar-refractivity contribution >= 4 is 27.4 Å². The van der Waals surface area contributed by atoms with Crippen LogP contribution in [0.25, 0.3) is 16.0 Å². The first-order chi connectivity index (χ1) is 14.3. The molecule has 0 unspecified atom stereocenters. The van der Waals surface area contributed by atoms with E-state index in [-0.39, 0.29) is 5.56 Å². The number of anilines is 1. The van der Waals surface area contributed by atoms with Crippen molar-refractivity contribution in [1.82, 2.24) is 34.4 Å². The Balaban J connectivity index is 1.22. The van der Waals surface area contributed by atoms with Crippen LogP contribution in [0.5, 0.6) is 0 Å². The molecule has 0 spiro atoms. The molecular formula is C19H20N8OS. The first-order valence-electron chi connectivity index (χ1n) is 9.52. The number of hydrogen-bond acceptors (Lipinski definition) is 8. The van der Waals surface area contributed by atoms with E-state index in [4.69, 9.17) is 0 Å². The number of nitrogens with zero attached hydrogens (tertiary/aromatic N) is 8. The van der Waals surface area contributed by atoms with Crippen molar-refractivity contribution in [3.05, 3.63) is 58.7 Å². The summed E-state index contributed by atoms with van der Waals surface area (Å²) in [6, 6.07) is 7.10. The highest BCUT2D eigenvalue weighted by atomic mass is 32.1. The monoisotopic (exact) mass is 408 g/mol. The zero-order valence-corrected chi connectivity index (χ0v) is 16.6. The van der Waals surface area contributed by atoms with Gasteiger partial charge in [0, 0.05) is 51.2 Å². The Morgan fingerprint density at radius 3 is 2.76 bits per heavy atom. The van der Waals surface area contributed by atoms with Crippen LogP contribution >= 0.6 is 11.3 Å². The minimum Gasteiger partial charge on any atom is -0.353 e. The Morgan fingerprint density at radius 2 is 1.93 bits per heavy atom. The predicted molar refractivity (Wildman–Crippen MR) is 112 cm³/mol. The van der Waals surface area contributed by atoms with Crippen molar-refractivity contribution in [3.8, 4) is 5.82 Å². The van der Waals surface area contributed by atoms with Crippen LogP contribution in [0, 0.1) is 0 Å². The molecule has 4 aromatic heterocycles. The Kier molecular flexibility index (Phi) is 4.78. The van der Waals surface area contributed by atoms with E-state index < -0.39 is 0 Å². The Labute approximate surface area is 170 Å². The van der Waals surface area contributed by atoms with E-state index in [1.807, 2.05) is 18.3 Å². The van der Waals surface area contributed by atoms with Crippen LogP contribution in [-0.4, -0.2) is 67.2 Å². The van der Waals surface area contributed by atoms with Crippen LogP contribution in [0.15, 0.2) is 53.2 Å². The zero-order chi connectivity index (χ0) is 19.6. The van der Waals surface area contributed by atoms with Gasteiger partial charge >= 0.3 is 0 Å². The van der Waals surface area contributed by atoms with Gasteiger partial charge < -0.3 is 4.90 Å². The summed E-state index contributed by atoms with van der Waals surface area (Å²) in [5.41, 5.74) is 0.908. The molecule has 1 fully saturated rings. The second-order valence-corrected chi connectivity index (χ2v) is 7.78. The van der Waals surface area contributed by atoms with Crippen LogP contribution in [0.3, 0.4) is 0 Å². The standard InChI is InChI=1S/C19H20N8OS/c28-17-3-2-16(26-6-1-5-22-26)23-27(17)12-9-24-7-10-25(11-8-24)19-18-15(4-13-29-18)20-14-21-19/h1-6,13-14H,7-12H2.